The standard InChI is InChI=1S/C9H12BrNO/c1-6(12)9(11)7-2-4-8(10)5-3-7/h2-6,9,12H,11H2,1H3/t6-,9+/m0/s1. The fraction of sp³-hybridized carbons (Fsp3) is 0.333. The van der Waals surface area contributed by atoms with E-state index in [0.29, 0.717) is 0 Å². The Balaban J connectivity index is 2.82. The van der Waals surface area contributed by atoms with Crippen LogP contribution in [0.3, 0.4) is 0 Å². The number of nitrogens with two attached hydrogens (primary N) is 1. The fourth-order valence-electron chi connectivity index (χ4n) is 0.964. The molecule has 0 heterocycles. The Morgan fingerprint density at radius 3 is 2.25 bits per heavy atom. The molecular formula is C9H12BrNO. The van der Waals surface area contributed by atoms with Crippen LogP contribution in [0.5, 0.6) is 0 Å². The molecule has 0 aliphatic rings. The Labute approximate surface area is 80.5 Å². The lowest BCUT2D eigenvalue weighted by Crippen LogP contribution is -2.22. The summed E-state index contributed by atoms with van der Waals surface area (Å²) in [6, 6.07) is 7.34. The molecule has 0 aliphatic heterocycles. The predicted octanol–water partition coefficient (Wildman–Crippen LogP) is 1.83. The molecule has 0 saturated heterocycles. The van der Waals surface area contributed by atoms with Crippen LogP contribution < -0.4 is 5.73 Å². The second-order valence-corrected chi connectivity index (χ2v) is 3.73. The Bertz CT molecular complexity index is 245. The predicted molar refractivity (Wildman–Crippen MR) is 52.8 cm³/mol. The zero-order valence-electron chi connectivity index (χ0n) is 6.87. The monoisotopic (exact) mass is 229 g/mol. The van der Waals surface area contributed by atoms with E-state index in [1.807, 2.05) is 24.3 Å². The van der Waals surface area contributed by atoms with E-state index in [1.165, 1.54) is 0 Å². The molecule has 1 rings (SSSR count). The minimum absolute atomic E-state index is 0.293. The van der Waals surface area contributed by atoms with Crippen LogP contribution in [-0.4, -0.2) is 11.2 Å². The number of aliphatic hydroxyl groups excluding tert-OH is 1. The Morgan fingerprint density at radius 1 is 1.33 bits per heavy atom. The topological polar surface area (TPSA) is 46.2 Å². The van der Waals surface area contributed by atoms with Crippen molar-refractivity contribution in [3.63, 3.8) is 0 Å². The summed E-state index contributed by atoms with van der Waals surface area (Å²) in [5.74, 6) is 0. The van der Waals surface area contributed by atoms with Gasteiger partial charge in [0.1, 0.15) is 0 Å². The highest BCUT2D eigenvalue weighted by atomic mass is 79.9. The molecule has 3 N–H and O–H groups in total. The van der Waals surface area contributed by atoms with E-state index >= 15 is 0 Å². The van der Waals surface area contributed by atoms with E-state index in [-0.39, 0.29) is 6.04 Å². The van der Waals surface area contributed by atoms with Crippen LogP contribution in [0.1, 0.15) is 18.5 Å². The van der Waals surface area contributed by atoms with Gasteiger partial charge in [-0.1, -0.05) is 28.1 Å². The highest BCUT2D eigenvalue weighted by Gasteiger charge is 2.10. The second kappa shape index (κ2) is 4.03. The quantitative estimate of drug-likeness (QED) is 0.814. The lowest BCUT2D eigenvalue weighted by atomic mass is 10.0. The van der Waals surface area contributed by atoms with Crippen molar-refractivity contribution in [2.45, 2.75) is 19.1 Å². The number of halogens is 1. The number of hydrogen-bond donors (Lipinski definition) is 2. The van der Waals surface area contributed by atoms with Gasteiger partial charge in [0.15, 0.2) is 0 Å². The average Bonchev–Trinajstić information content (AvgIpc) is 2.04. The van der Waals surface area contributed by atoms with Crippen LogP contribution in [0.4, 0.5) is 0 Å². The fourth-order valence-corrected chi connectivity index (χ4v) is 1.23. The second-order valence-electron chi connectivity index (χ2n) is 2.82. The lowest BCUT2D eigenvalue weighted by Gasteiger charge is -2.14. The van der Waals surface area contributed by atoms with E-state index in [2.05, 4.69) is 15.9 Å². The Kier molecular flexibility index (Phi) is 3.26. The van der Waals surface area contributed by atoms with E-state index in [4.69, 9.17) is 5.73 Å². The largest absolute Gasteiger partial charge is 0.391 e. The zero-order valence-corrected chi connectivity index (χ0v) is 8.45. The summed E-state index contributed by atoms with van der Waals surface area (Å²) >= 11 is 3.33. The van der Waals surface area contributed by atoms with Crippen molar-refractivity contribution in [3.05, 3.63) is 34.3 Å². The van der Waals surface area contributed by atoms with E-state index < -0.39 is 6.10 Å². The minimum atomic E-state index is -0.508. The first-order valence-electron chi connectivity index (χ1n) is 3.80. The summed E-state index contributed by atoms with van der Waals surface area (Å²) in [6.07, 6.45) is -0.508. The maximum Gasteiger partial charge on any atom is 0.0704 e. The van der Waals surface area contributed by atoms with Crippen LogP contribution in [0, 0.1) is 0 Å². The Morgan fingerprint density at radius 2 is 1.83 bits per heavy atom. The van der Waals surface area contributed by atoms with Gasteiger partial charge in [0.05, 0.1) is 12.1 Å². The maximum absolute atomic E-state index is 9.21. The summed E-state index contributed by atoms with van der Waals surface area (Å²) in [6.45, 7) is 1.69. The van der Waals surface area contributed by atoms with Gasteiger partial charge in [0.25, 0.3) is 0 Å². The smallest absolute Gasteiger partial charge is 0.0704 e. The van der Waals surface area contributed by atoms with Crippen LogP contribution >= 0.6 is 15.9 Å². The van der Waals surface area contributed by atoms with Gasteiger partial charge in [0, 0.05) is 4.47 Å². The molecule has 0 radical (unpaired) electrons. The van der Waals surface area contributed by atoms with Gasteiger partial charge in [-0.25, -0.2) is 0 Å². The number of rotatable bonds is 2. The van der Waals surface area contributed by atoms with Crippen LogP contribution in [0.15, 0.2) is 28.7 Å². The number of hydrogen-bond acceptors (Lipinski definition) is 2. The van der Waals surface area contributed by atoms with E-state index in [1.54, 1.807) is 6.92 Å². The van der Waals surface area contributed by atoms with Crippen molar-refractivity contribution in [2.24, 2.45) is 5.73 Å². The molecule has 0 spiro atoms. The summed E-state index contributed by atoms with van der Waals surface area (Å²) < 4.78 is 1.02. The average molecular weight is 230 g/mol. The third-order valence-electron chi connectivity index (χ3n) is 1.77. The molecule has 2 nitrogen and oxygen atoms in total. The minimum Gasteiger partial charge on any atom is -0.391 e. The van der Waals surface area contributed by atoms with Gasteiger partial charge in [-0.2, -0.15) is 0 Å². The summed E-state index contributed by atoms with van der Waals surface area (Å²) in [4.78, 5) is 0. The number of benzene rings is 1. The third-order valence-corrected chi connectivity index (χ3v) is 2.30. The first kappa shape index (κ1) is 9.71. The van der Waals surface area contributed by atoms with Crippen molar-refractivity contribution in [3.8, 4) is 0 Å². The van der Waals surface area contributed by atoms with Crippen molar-refractivity contribution in [2.75, 3.05) is 0 Å². The first-order valence-corrected chi connectivity index (χ1v) is 4.59. The summed E-state index contributed by atoms with van der Waals surface area (Å²) in [7, 11) is 0. The molecule has 1 aromatic carbocycles. The molecule has 0 aromatic heterocycles. The van der Waals surface area contributed by atoms with Gasteiger partial charge < -0.3 is 10.8 Å². The highest BCUT2D eigenvalue weighted by molar-refractivity contribution is 9.10. The summed E-state index contributed by atoms with van der Waals surface area (Å²) in [5.41, 5.74) is 6.67. The molecule has 0 fully saturated rings. The molecule has 0 saturated carbocycles. The first-order chi connectivity index (χ1) is 5.61. The molecule has 0 unspecified atom stereocenters. The molecule has 3 heteroatoms. The zero-order chi connectivity index (χ0) is 9.14. The molecular weight excluding hydrogens is 218 g/mol. The van der Waals surface area contributed by atoms with Crippen LogP contribution in [0.25, 0.3) is 0 Å². The van der Waals surface area contributed by atoms with E-state index in [9.17, 15) is 5.11 Å². The third kappa shape index (κ3) is 2.30. The molecule has 2 atom stereocenters. The molecule has 1 aromatic rings. The SMILES string of the molecule is C[C@H](O)[C@@H](N)c1ccc(Br)cc1. The van der Waals surface area contributed by atoms with Crippen LogP contribution in [0.2, 0.25) is 0 Å². The Hall–Kier alpha value is -0.380. The maximum atomic E-state index is 9.21. The molecule has 0 aliphatic carbocycles. The molecule has 0 bridgehead atoms. The molecule has 0 amide bonds. The van der Waals surface area contributed by atoms with Gasteiger partial charge in [-0.15, -0.1) is 0 Å². The van der Waals surface area contributed by atoms with Crippen molar-refractivity contribution >= 4 is 15.9 Å². The highest BCUT2D eigenvalue weighted by Crippen LogP contribution is 2.17. The lowest BCUT2D eigenvalue weighted by molar-refractivity contribution is 0.164. The van der Waals surface area contributed by atoms with Gasteiger partial charge in [-0.05, 0) is 24.6 Å². The molecule has 66 valence electrons. The summed E-state index contributed by atoms with van der Waals surface area (Å²) in [5, 5.41) is 9.21. The van der Waals surface area contributed by atoms with Gasteiger partial charge in [0.2, 0.25) is 0 Å². The van der Waals surface area contributed by atoms with E-state index in [0.717, 1.165) is 10.0 Å². The van der Waals surface area contributed by atoms with Gasteiger partial charge in [-0.3, -0.25) is 0 Å². The normalized spacial score (nSPS) is 15.7. The molecule has 12 heavy (non-hydrogen) atoms. The van der Waals surface area contributed by atoms with Crippen molar-refractivity contribution < 1.29 is 5.11 Å². The van der Waals surface area contributed by atoms with Crippen molar-refractivity contribution in [1.82, 2.24) is 0 Å². The van der Waals surface area contributed by atoms with Crippen molar-refractivity contribution in [1.29, 1.82) is 0 Å². The van der Waals surface area contributed by atoms with Gasteiger partial charge >= 0.3 is 0 Å². The number of aliphatic hydroxyl groups is 1. The van der Waals surface area contributed by atoms with Crippen LogP contribution in [-0.2, 0) is 0 Å².